The molecule has 0 amide bonds. The van der Waals surface area contributed by atoms with Gasteiger partial charge in [-0.15, -0.1) is 0 Å². The molecule has 0 aliphatic carbocycles. The number of carbonyl (C=O) groups is 1. The summed E-state index contributed by atoms with van der Waals surface area (Å²) in [6.45, 7) is 12.4. The van der Waals surface area contributed by atoms with Crippen molar-refractivity contribution >= 4 is 16.8 Å². The highest BCUT2D eigenvalue weighted by atomic mass is 16.1. The normalized spacial score (nSPS) is 12.9. The number of ketones is 1. The topological polar surface area (TPSA) is 45.8 Å². The van der Waals surface area contributed by atoms with Crippen molar-refractivity contribution in [2.24, 2.45) is 10.8 Å². The number of carbonyl (C=O) groups excluding carboxylic acids is 1. The Morgan fingerprint density at radius 3 is 2.35 bits per heavy atom. The fraction of sp³-hybridized carbons (Fsp3) is 0.529. The molecule has 1 aromatic heterocycles. The van der Waals surface area contributed by atoms with Gasteiger partial charge in [-0.2, -0.15) is 0 Å². The molecule has 0 bridgehead atoms. The first-order valence-corrected chi connectivity index (χ1v) is 7.10. The van der Waals surface area contributed by atoms with Crippen molar-refractivity contribution in [2.45, 2.75) is 48.0 Å². The van der Waals surface area contributed by atoms with Crippen LogP contribution in [0.25, 0.3) is 11.0 Å². The van der Waals surface area contributed by atoms with Gasteiger partial charge >= 0.3 is 0 Å². The van der Waals surface area contributed by atoms with Gasteiger partial charge in [0.2, 0.25) is 5.78 Å². The number of aromatic amines is 1. The van der Waals surface area contributed by atoms with Crippen molar-refractivity contribution in [3.8, 4) is 0 Å². The summed E-state index contributed by atoms with van der Waals surface area (Å²) in [7, 11) is 0. The van der Waals surface area contributed by atoms with Gasteiger partial charge in [0, 0.05) is 5.41 Å². The molecule has 0 fully saturated rings. The Bertz CT molecular complexity index is 639. The summed E-state index contributed by atoms with van der Waals surface area (Å²) in [5.41, 5.74) is 2.90. The molecular formula is C17H24N2O. The molecule has 0 radical (unpaired) electrons. The second kappa shape index (κ2) is 4.72. The molecule has 2 aromatic rings. The third-order valence-corrected chi connectivity index (χ3v) is 3.18. The summed E-state index contributed by atoms with van der Waals surface area (Å²) in [5, 5.41) is 0. The van der Waals surface area contributed by atoms with Crippen LogP contribution >= 0.6 is 0 Å². The fourth-order valence-electron chi connectivity index (χ4n) is 2.24. The maximum Gasteiger partial charge on any atom is 0.203 e. The Hall–Kier alpha value is -1.64. The number of imidazole rings is 1. The molecular weight excluding hydrogens is 248 g/mol. The van der Waals surface area contributed by atoms with Gasteiger partial charge in [0.25, 0.3) is 0 Å². The first-order valence-electron chi connectivity index (χ1n) is 7.10. The SMILES string of the molecule is CC(C)(C)Cc1ccc2nc(C(=O)C(C)(C)C)[nH]c2c1. The molecule has 0 saturated carbocycles. The first-order chi connectivity index (χ1) is 9.06. The molecule has 0 spiro atoms. The predicted molar refractivity (Wildman–Crippen MR) is 83.0 cm³/mol. The number of nitrogens with one attached hydrogen (secondary N) is 1. The molecule has 3 heteroatoms. The van der Waals surface area contributed by atoms with Gasteiger partial charge < -0.3 is 4.98 Å². The molecule has 1 aromatic carbocycles. The second-order valence-electron chi connectivity index (χ2n) is 7.75. The smallest absolute Gasteiger partial charge is 0.203 e. The number of Topliss-reactive ketones (excluding diaryl/α,β-unsaturated/α-hetero) is 1. The quantitative estimate of drug-likeness (QED) is 0.825. The van der Waals surface area contributed by atoms with Crippen LogP contribution in [0, 0.1) is 10.8 Å². The van der Waals surface area contributed by atoms with Crippen molar-refractivity contribution in [3.05, 3.63) is 29.6 Å². The van der Waals surface area contributed by atoms with E-state index in [4.69, 9.17) is 0 Å². The fourth-order valence-corrected chi connectivity index (χ4v) is 2.24. The third kappa shape index (κ3) is 3.27. The number of benzene rings is 1. The van der Waals surface area contributed by atoms with Gasteiger partial charge in [0.15, 0.2) is 5.82 Å². The summed E-state index contributed by atoms with van der Waals surface area (Å²) >= 11 is 0. The van der Waals surface area contributed by atoms with E-state index in [1.165, 1.54) is 5.56 Å². The van der Waals surface area contributed by atoms with Crippen LogP contribution in [0.1, 0.15) is 57.7 Å². The van der Waals surface area contributed by atoms with Crippen molar-refractivity contribution in [2.75, 3.05) is 0 Å². The van der Waals surface area contributed by atoms with Crippen LogP contribution in [0.3, 0.4) is 0 Å². The molecule has 2 rings (SSSR count). The van der Waals surface area contributed by atoms with E-state index in [1.807, 2.05) is 26.8 Å². The van der Waals surface area contributed by atoms with Crippen LogP contribution in [0.4, 0.5) is 0 Å². The Morgan fingerprint density at radius 1 is 1.15 bits per heavy atom. The summed E-state index contributed by atoms with van der Waals surface area (Å²) < 4.78 is 0. The Kier molecular flexibility index (Phi) is 3.49. The van der Waals surface area contributed by atoms with Gasteiger partial charge in [0.05, 0.1) is 11.0 Å². The Morgan fingerprint density at radius 2 is 1.80 bits per heavy atom. The van der Waals surface area contributed by atoms with Crippen molar-refractivity contribution in [1.29, 1.82) is 0 Å². The maximum absolute atomic E-state index is 12.3. The van der Waals surface area contributed by atoms with E-state index in [0.29, 0.717) is 5.82 Å². The summed E-state index contributed by atoms with van der Waals surface area (Å²) in [6.07, 6.45) is 1.00. The molecule has 0 aliphatic heterocycles. The van der Waals surface area contributed by atoms with Crippen LogP contribution in [0.15, 0.2) is 18.2 Å². The Labute approximate surface area is 120 Å². The van der Waals surface area contributed by atoms with Gasteiger partial charge in [-0.25, -0.2) is 4.98 Å². The number of nitrogens with zero attached hydrogens (tertiary/aromatic N) is 1. The molecule has 108 valence electrons. The highest BCUT2D eigenvalue weighted by Crippen LogP contribution is 2.25. The lowest BCUT2D eigenvalue weighted by atomic mass is 9.88. The molecule has 3 nitrogen and oxygen atoms in total. The number of fused-ring (bicyclic) bond motifs is 1. The first kappa shape index (κ1) is 14.8. The van der Waals surface area contributed by atoms with E-state index in [-0.39, 0.29) is 11.2 Å². The number of rotatable bonds is 2. The molecule has 0 atom stereocenters. The van der Waals surface area contributed by atoms with E-state index in [1.54, 1.807) is 0 Å². The number of aromatic nitrogens is 2. The number of H-pyrrole nitrogens is 1. The summed E-state index contributed by atoms with van der Waals surface area (Å²) in [4.78, 5) is 19.8. The van der Waals surface area contributed by atoms with E-state index >= 15 is 0 Å². The zero-order valence-corrected chi connectivity index (χ0v) is 13.3. The second-order valence-corrected chi connectivity index (χ2v) is 7.75. The van der Waals surface area contributed by atoms with Crippen molar-refractivity contribution in [3.63, 3.8) is 0 Å². The van der Waals surface area contributed by atoms with Crippen LogP contribution < -0.4 is 0 Å². The largest absolute Gasteiger partial charge is 0.335 e. The summed E-state index contributed by atoms with van der Waals surface area (Å²) in [6, 6.07) is 6.19. The maximum atomic E-state index is 12.3. The predicted octanol–water partition coefficient (Wildman–Crippen LogP) is 4.38. The monoisotopic (exact) mass is 272 g/mol. The van der Waals surface area contributed by atoms with Crippen LogP contribution in [-0.4, -0.2) is 15.8 Å². The average Bonchev–Trinajstić information content (AvgIpc) is 2.67. The van der Waals surface area contributed by atoms with Crippen molar-refractivity contribution in [1.82, 2.24) is 9.97 Å². The average molecular weight is 272 g/mol. The van der Waals surface area contributed by atoms with Crippen LogP contribution in [0.5, 0.6) is 0 Å². The molecule has 0 unspecified atom stereocenters. The highest BCUT2D eigenvalue weighted by Gasteiger charge is 2.25. The molecule has 1 heterocycles. The minimum absolute atomic E-state index is 0.0473. The minimum Gasteiger partial charge on any atom is -0.335 e. The zero-order chi connectivity index (χ0) is 15.1. The number of hydrogen-bond acceptors (Lipinski definition) is 2. The van der Waals surface area contributed by atoms with E-state index in [9.17, 15) is 4.79 Å². The van der Waals surface area contributed by atoms with Gasteiger partial charge in [0.1, 0.15) is 0 Å². The highest BCUT2D eigenvalue weighted by molar-refractivity contribution is 5.99. The van der Waals surface area contributed by atoms with Gasteiger partial charge in [-0.3, -0.25) is 4.79 Å². The lowest BCUT2D eigenvalue weighted by Gasteiger charge is -2.17. The summed E-state index contributed by atoms with van der Waals surface area (Å²) in [5.74, 6) is 0.506. The minimum atomic E-state index is -0.415. The van der Waals surface area contributed by atoms with Crippen molar-refractivity contribution < 1.29 is 4.79 Å². The standard InChI is InChI=1S/C17H24N2O/c1-16(2,3)10-11-7-8-12-13(9-11)19-15(18-12)14(20)17(4,5)6/h7-9H,10H2,1-6H3,(H,18,19). The third-order valence-electron chi connectivity index (χ3n) is 3.18. The van der Waals surface area contributed by atoms with E-state index in [2.05, 4.69) is 42.9 Å². The molecule has 20 heavy (non-hydrogen) atoms. The van der Waals surface area contributed by atoms with E-state index in [0.717, 1.165) is 17.5 Å². The zero-order valence-electron chi connectivity index (χ0n) is 13.3. The van der Waals surface area contributed by atoms with Gasteiger partial charge in [-0.05, 0) is 29.5 Å². The van der Waals surface area contributed by atoms with Crippen LogP contribution in [-0.2, 0) is 6.42 Å². The lowest BCUT2D eigenvalue weighted by Crippen LogP contribution is -2.21. The molecule has 1 N–H and O–H groups in total. The van der Waals surface area contributed by atoms with Crippen LogP contribution in [0.2, 0.25) is 0 Å². The number of hydrogen-bond donors (Lipinski definition) is 1. The molecule has 0 saturated heterocycles. The van der Waals surface area contributed by atoms with Gasteiger partial charge in [-0.1, -0.05) is 47.6 Å². The van der Waals surface area contributed by atoms with E-state index < -0.39 is 5.41 Å². The molecule has 0 aliphatic rings. The lowest BCUT2D eigenvalue weighted by molar-refractivity contribution is 0.0848. The Balaban J connectivity index is 2.38.